The largest absolute Gasteiger partial charge is 0.508 e. The number of hydrogen-bond acceptors (Lipinski definition) is 4. The zero-order valence-electron chi connectivity index (χ0n) is 16.3. The summed E-state index contributed by atoms with van der Waals surface area (Å²) in [6, 6.07) is 23.3. The average Bonchev–Trinajstić information content (AvgIpc) is 2.76. The van der Waals surface area contributed by atoms with Crippen LogP contribution in [0.1, 0.15) is 35.1 Å². The van der Waals surface area contributed by atoms with Gasteiger partial charge in [0.2, 0.25) is 11.9 Å². The molecule has 152 valence electrons. The van der Waals surface area contributed by atoms with E-state index in [9.17, 15) is 20.0 Å². The predicted molar refractivity (Wildman–Crippen MR) is 112 cm³/mol. The van der Waals surface area contributed by atoms with E-state index < -0.39 is 18.0 Å². The normalized spacial score (nSPS) is 21.4. The van der Waals surface area contributed by atoms with Crippen molar-refractivity contribution in [2.24, 2.45) is 0 Å². The summed E-state index contributed by atoms with van der Waals surface area (Å²) in [5.41, 5.74) is 2.34. The molecule has 3 aromatic carbocycles. The summed E-state index contributed by atoms with van der Waals surface area (Å²) in [7, 11) is 0. The molecule has 0 saturated carbocycles. The topological polar surface area (TPSA) is 83.7 Å². The first-order valence-electron chi connectivity index (χ1n) is 9.85. The average molecular weight is 402 g/mol. The third-order valence-electron chi connectivity index (χ3n) is 5.69. The lowest BCUT2D eigenvalue weighted by Gasteiger charge is -2.41. The third kappa shape index (κ3) is 3.89. The number of carbonyl (C=O) groups is 1. The van der Waals surface area contributed by atoms with Crippen molar-refractivity contribution in [1.29, 1.82) is 0 Å². The predicted octanol–water partition coefficient (Wildman–Crippen LogP) is 4.29. The fourth-order valence-corrected chi connectivity index (χ4v) is 4.28. The van der Waals surface area contributed by atoms with Crippen LogP contribution in [0.3, 0.4) is 0 Å². The minimum Gasteiger partial charge on any atom is -0.508 e. The fourth-order valence-electron chi connectivity index (χ4n) is 4.28. The van der Waals surface area contributed by atoms with Gasteiger partial charge in [-0.05, 0) is 28.8 Å². The van der Waals surface area contributed by atoms with E-state index >= 15 is 0 Å². The highest BCUT2D eigenvalue weighted by Crippen LogP contribution is 2.42. The molecule has 3 atom stereocenters. The Hall–Kier alpha value is -3.67. The van der Waals surface area contributed by atoms with Crippen molar-refractivity contribution < 1.29 is 14.8 Å². The number of carbonyl (C=O) groups excluding carboxylic acids is 1. The van der Waals surface area contributed by atoms with E-state index in [2.05, 4.69) is 0 Å². The number of nitrogens with zero attached hydrogens (tertiary/aromatic N) is 2. The van der Waals surface area contributed by atoms with E-state index in [-0.39, 0.29) is 29.5 Å². The standard InChI is InChI=1S/C24H22N2O4/c27-20-13-11-19(12-14-20)23-24(26(29)30)21(18-9-5-2-6-10-18)15-22(28)25(23)16-17-7-3-1-4-8-17/h1-14,21,23-24,27H,15-16H2/t21-,23+,24-/m0/s1. The van der Waals surface area contributed by atoms with Gasteiger partial charge in [-0.25, -0.2) is 0 Å². The number of nitro groups is 1. The zero-order chi connectivity index (χ0) is 21.1. The Morgan fingerprint density at radius 1 is 0.900 bits per heavy atom. The summed E-state index contributed by atoms with van der Waals surface area (Å²) in [6.45, 7) is 0.289. The molecule has 1 aliphatic rings. The molecule has 6 nitrogen and oxygen atoms in total. The van der Waals surface area contributed by atoms with E-state index in [4.69, 9.17) is 0 Å². The molecule has 1 amide bonds. The summed E-state index contributed by atoms with van der Waals surface area (Å²) >= 11 is 0. The van der Waals surface area contributed by atoms with Crippen LogP contribution in [-0.4, -0.2) is 26.9 Å². The summed E-state index contributed by atoms with van der Waals surface area (Å²) in [4.78, 5) is 26.9. The van der Waals surface area contributed by atoms with Gasteiger partial charge in [0, 0.05) is 17.9 Å². The maximum Gasteiger partial charge on any atom is 0.244 e. The van der Waals surface area contributed by atoms with Gasteiger partial charge in [-0.3, -0.25) is 14.9 Å². The van der Waals surface area contributed by atoms with Crippen LogP contribution in [0.5, 0.6) is 5.75 Å². The van der Waals surface area contributed by atoms with Crippen LogP contribution in [-0.2, 0) is 11.3 Å². The number of benzene rings is 3. The van der Waals surface area contributed by atoms with Crippen LogP contribution in [0.2, 0.25) is 0 Å². The second-order valence-corrected chi connectivity index (χ2v) is 7.54. The molecule has 0 radical (unpaired) electrons. The molecule has 0 aliphatic carbocycles. The van der Waals surface area contributed by atoms with Crippen molar-refractivity contribution in [3.8, 4) is 5.75 Å². The van der Waals surface area contributed by atoms with Crippen molar-refractivity contribution in [1.82, 2.24) is 4.90 Å². The molecule has 1 saturated heterocycles. The van der Waals surface area contributed by atoms with Gasteiger partial charge in [0.1, 0.15) is 11.8 Å². The molecule has 3 aromatic rings. The lowest BCUT2D eigenvalue weighted by Crippen LogP contribution is -2.51. The van der Waals surface area contributed by atoms with E-state index in [1.165, 1.54) is 12.1 Å². The Bertz CT molecular complexity index is 1020. The highest BCUT2D eigenvalue weighted by molar-refractivity contribution is 5.79. The number of hydrogen-bond donors (Lipinski definition) is 1. The number of likely N-dealkylation sites (tertiary alicyclic amines) is 1. The smallest absolute Gasteiger partial charge is 0.244 e. The minimum absolute atomic E-state index is 0.0766. The van der Waals surface area contributed by atoms with Crippen molar-refractivity contribution in [2.75, 3.05) is 0 Å². The van der Waals surface area contributed by atoms with Gasteiger partial charge >= 0.3 is 0 Å². The Kier molecular flexibility index (Phi) is 5.48. The Morgan fingerprint density at radius 2 is 1.50 bits per heavy atom. The highest BCUT2D eigenvalue weighted by atomic mass is 16.6. The van der Waals surface area contributed by atoms with Gasteiger partial charge < -0.3 is 10.0 Å². The molecule has 0 spiro atoms. The van der Waals surface area contributed by atoms with Crippen LogP contribution in [0.25, 0.3) is 0 Å². The van der Waals surface area contributed by atoms with Crippen molar-refractivity contribution in [2.45, 2.75) is 31.0 Å². The number of piperidine rings is 1. The second kappa shape index (κ2) is 8.37. The van der Waals surface area contributed by atoms with E-state index in [0.717, 1.165) is 11.1 Å². The van der Waals surface area contributed by atoms with E-state index in [1.807, 2.05) is 60.7 Å². The van der Waals surface area contributed by atoms with Crippen molar-refractivity contribution in [3.63, 3.8) is 0 Å². The van der Waals surface area contributed by atoms with Crippen molar-refractivity contribution >= 4 is 5.91 Å². The van der Waals surface area contributed by atoms with Crippen molar-refractivity contribution in [3.05, 3.63) is 112 Å². The van der Waals surface area contributed by atoms with Gasteiger partial charge in [-0.1, -0.05) is 72.8 Å². The van der Waals surface area contributed by atoms with Crippen LogP contribution < -0.4 is 0 Å². The number of rotatable bonds is 5. The quantitative estimate of drug-likeness (QED) is 0.510. The van der Waals surface area contributed by atoms with Gasteiger partial charge in [-0.15, -0.1) is 0 Å². The summed E-state index contributed by atoms with van der Waals surface area (Å²) in [5, 5.41) is 22.0. The van der Waals surface area contributed by atoms with Crippen LogP contribution >= 0.6 is 0 Å². The first-order valence-corrected chi connectivity index (χ1v) is 9.85. The fraction of sp³-hybridized carbons (Fsp3) is 0.208. The lowest BCUT2D eigenvalue weighted by molar-refractivity contribution is -0.537. The summed E-state index contributed by atoms with van der Waals surface area (Å²) < 4.78 is 0. The Labute approximate surface area is 174 Å². The van der Waals surface area contributed by atoms with Gasteiger partial charge in [0.25, 0.3) is 0 Å². The van der Waals surface area contributed by atoms with E-state index in [1.54, 1.807) is 17.0 Å². The van der Waals surface area contributed by atoms with Crippen LogP contribution in [0.15, 0.2) is 84.9 Å². The van der Waals surface area contributed by atoms with Crippen LogP contribution in [0.4, 0.5) is 0 Å². The Balaban J connectivity index is 1.81. The number of amides is 1. The SMILES string of the molecule is O=C1C[C@@H](c2ccccc2)[C@H]([N+](=O)[O-])[C@@H](c2ccc(O)cc2)N1Cc1ccccc1. The van der Waals surface area contributed by atoms with Gasteiger partial charge in [-0.2, -0.15) is 0 Å². The highest BCUT2D eigenvalue weighted by Gasteiger charge is 2.50. The number of phenolic OH excluding ortho intramolecular Hbond substituents is 1. The molecule has 6 heteroatoms. The van der Waals surface area contributed by atoms with Gasteiger partial charge in [0.15, 0.2) is 0 Å². The molecule has 30 heavy (non-hydrogen) atoms. The number of phenols is 1. The van der Waals surface area contributed by atoms with E-state index in [0.29, 0.717) is 5.56 Å². The molecule has 0 aromatic heterocycles. The summed E-state index contributed by atoms with van der Waals surface area (Å²) in [5.74, 6) is -0.573. The zero-order valence-corrected chi connectivity index (χ0v) is 16.3. The lowest BCUT2D eigenvalue weighted by atomic mass is 9.78. The molecule has 1 fully saturated rings. The molecule has 0 unspecified atom stereocenters. The molecule has 0 bridgehead atoms. The molecular weight excluding hydrogens is 380 g/mol. The second-order valence-electron chi connectivity index (χ2n) is 7.54. The minimum atomic E-state index is -1.00. The summed E-state index contributed by atoms with van der Waals surface area (Å²) in [6.07, 6.45) is 0.0804. The van der Waals surface area contributed by atoms with Crippen LogP contribution in [0, 0.1) is 10.1 Å². The molecule has 1 heterocycles. The third-order valence-corrected chi connectivity index (χ3v) is 5.69. The molecule has 1 aliphatic heterocycles. The Morgan fingerprint density at radius 3 is 2.10 bits per heavy atom. The maximum atomic E-state index is 13.3. The maximum absolute atomic E-state index is 13.3. The molecular formula is C24H22N2O4. The monoisotopic (exact) mass is 402 g/mol. The number of aromatic hydroxyl groups is 1. The first-order chi connectivity index (χ1) is 14.5. The molecule has 1 N–H and O–H groups in total. The first kappa shape index (κ1) is 19.6. The van der Waals surface area contributed by atoms with Gasteiger partial charge in [0.05, 0.1) is 5.92 Å². The molecule has 4 rings (SSSR count).